The monoisotopic (exact) mass is 336 g/mol. The number of anilines is 1. The molecule has 1 aromatic carbocycles. The van der Waals surface area contributed by atoms with Crippen LogP contribution in [0, 0.1) is 0 Å². The third-order valence-electron chi connectivity index (χ3n) is 2.54. The van der Waals surface area contributed by atoms with E-state index in [2.05, 4.69) is 20.8 Å². The number of nitrogens with zero attached hydrogens (tertiary/aromatic N) is 4. The molecule has 0 radical (unpaired) electrons. The Balaban J connectivity index is 0.00000242. The number of rotatable bonds is 4. The molecule has 0 bridgehead atoms. The van der Waals surface area contributed by atoms with E-state index in [0.717, 1.165) is 16.8 Å². The van der Waals surface area contributed by atoms with E-state index in [-0.39, 0.29) is 36.7 Å². The summed E-state index contributed by atoms with van der Waals surface area (Å²) in [6.45, 7) is -0.277. The van der Waals surface area contributed by atoms with Crippen molar-refractivity contribution in [3.05, 3.63) is 35.7 Å². The predicted molar refractivity (Wildman–Crippen MR) is 73.0 cm³/mol. The van der Waals surface area contributed by atoms with E-state index in [1.807, 2.05) is 0 Å². The Morgan fingerprint density at radius 2 is 2.05 bits per heavy atom. The van der Waals surface area contributed by atoms with Crippen LogP contribution in [0.15, 0.2) is 24.5 Å². The number of nitrogens with one attached hydrogen (secondary N) is 1. The maximum Gasteiger partial charge on any atom is 0.416 e. The van der Waals surface area contributed by atoms with E-state index in [1.54, 1.807) is 0 Å². The quantitative estimate of drug-likeness (QED) is 0.874. The third-order valence-corrected chi connectivity index (χ3v) is 2.54. The lowest BCUT2D eigenvalue weighted by Crippen LogP contribution is -2.20. The molecule has 1 aromatic heterocycles. The van der Waals surface area contributed by atoms with E-state index in [9.17, 15) is 18.0 Å². The Hall–Kier alpha value is -2.20. The molecule has 1 heterocycles. The summed E-state index contributed by atoms with van der Waals surface area (Å²) >= 11 is 0. The number of hydrogen-bond acceptors (Lipinski definition) is 5. The van der Waals surface area contributed by atoms with Crippen molar-refractivity contribution in [1.29, 1.82) is 0 Å². The molecule has 11 heteroatoms. The van der Waals surface area contributed by atoms with Crippen LogP contribution in [0.4, 0.5) is 18.9 Å². The van der Waals surface area contributed by atoms with Gasteiger partial charge in [0.25, 0.3) is 0 Å². The molecule has 120 valence electrons. The molecule has 22 heavy (non-hydrogen) atoms. The molecular weight excluding hydrogens is 325 g/mol. The lowest BCUT2D eigenvalue weighted by atomic mass is 10.1. The summed E-state index contributed by atoms with van der Waals surface area (Å²) in [6, 6.07) is 3.17. The van der Waals surface area contributed by atoms with E-state index in [4.69, 9.17) is 5.73 Å². The number of carbonyl (C=O) groups excluding carboxylic acids is 1. The molecule has 0 aliphatic carbocycles. The van der Waals surface area contributed by atoms with Gasteiger partial charge >= 0.3 is 6.18 Å². The Bertz CT molecular complexity index is 631. The van der Waals surface area contributed by atoms with Gasteiger partial charge < -0.3 is 11.1 Å². The van der Waals surface area contributed by atoms with Crippen molar-refractivity contribution in [2.75, 3.05) is 5.32 Å². The second-order valence-electron chi connectivity index (χ2n) is 4.18. The highest BCUT2D eigenvalue weighted by atomic mass is 35.5. The highest BCUT2D eigenvalue weighted by Gasteiger charge is 2.31. The topological polar surface area (TPSA) is 98.7 Å². The molecule has 0 saturated heterocycles. The summed E-state index contributed by atoms with van der Waals surface area (Å²) in [5.74, 6) is -0.551. The van der Waals surface area contributed by atoms with Crippen molar-refractivity contribution < 1.29 is 18.0 Å². The zero-order chi connectivity index (χ0) is 15.5. The van der Waals surface area contributed by atoms with Crippen LogP contribution in [-0.2, 0) is 24.1 Å². The zero-order valence-electron chi connectivity index (χ0n) is 11.0. The zero-order valence-corrected chi connectivity index (χ0v) is 11.9. The second kappa shape index (κ2) is 7.18. The first-order valence-electron chi connectivity index (χ1n) is 5.80. The van der Waals surface area contributed by atoms with Crippen molar-refractivity contribution in [3.63, 3.8) is 0 Å². The molecule has 2 rings (SSSR count). The molecule has 2 aromatic rings. The number of tetrazole rings is 1. The fourth-order valence-corrected chi connectivity index (χ4v) is 1.65. The lowest BCUT2D eigenvalue weighted by Gasteiger charge is -2.12. The molecule has 0 fully saturated rings. The van der Waals surface area contributed by atoms with Gasteiger partial charge in [-0.25, -0.2) is 4.68 Å². The van der Waals surface area contributed by atoms with Gasteiger partial charge in [-0.1, -0.05) is 0 Å². The Morgan fingerprint density at radius 3 is 2.59 bits per heavy atom. The van der Waals surface area contributed by atoms with Gasteiger partial charge in [0.1, 0.15) is 12.9 Å². The van der Waals surface area contributed by atoms with Gasteiger partial charge in [0.2, 0.25) is 5.91 Å². The number of benzene rings is 1. The van der Waals surface area contributed by atoms with Gasteiger partial charge in [-0.05, 0) is 34.2 Å². The summed E-state index contributed by atoms with van der Waals surface area (Å²) in [4.78, 5) is 11.7. The Labute approximate surface area is 129 Å². The molecule has 0 aliphatic rings. The normalized spacial score (nSPS) is 10.9. The van der Waals surface area contributed by atoms with Gasteiger partial charge in [-0.2, -0.15) is 13.2 Å². The number of alkyl halides is 3. The molecule has 1 amide bonds. The van der Waals surface area contributed by atoms with Crippen LogP contribution in [0.25, 0.3) is 0 Å². The third kappa shape index (κ3) is 4.67. The molecule has 0 saturated carbocycles. The Morgan fingerprint density at radius 1 is 1.32 bits per heavy atom. The fraction of sp³-hybridized carbons (Fsp3) is 0.273. The van der Waals surface area contributed by atoms with Gasteiger partial charge in [0.05, 0.1) is 5.56 Å². The number of aromatic nitrogens is 4. The van der Waals surface area contributed by atoms with Crippen LogP contribution in [0.3, 0.4) is 0 Å². The summed E-state index contributed by atoms with van der Waals surface area (Å²) in [7, 11) is 0. The average Bonchev–Trinajstić information content (AvgIpc) is 2.89. The molecule has 0 aliphatic heterocycles. The van der Waals surface area contributed by atoms with Gasteiger partial charge in [-0.3, -0.25) is 4.79 Å². The predicted octanol–water partition coefficient (Wildman–Crippen LogP) is 1.21. The maximum atomic E-state index is 12.7. The molecule has 0 spiro atoms. The summed E-state index contributed by atoms with van der Waals surface area (Å²) < 4.78 is 39.4. The van der Waals surface area contributed by atoms with E-state index >= 15 is 0 Å². The minimum absolute atomic E-state index is 0. The van der Waals surface area contributed by atoms with E-state index in [0.29, 0.717) is 0 Å². The summed E-state index contributed by atoms with van der Waals surface area (Å²) in [5, 5.41) is 12.5. The molecule has 0 atom stereocenters. The minimum atomic E-state index is -4.51. The number of amides is 1. The van der Waals surface area contributed by atoms with Crippen molar-refractivity contribution in [2.24, 2.45) is 5.73 Å². The van der Waals surface area contributed by atoms with Crippen molar-refractivity contribution in [1.82, 2.24) is 20.2 Å². The van der Waals surface area contributed by atoms with Crippen molar-refractivity contribution >= 4 is 24.0 Å². The van der Waals surface area contributed by atoms with Gasteiger partial charge in [0.15, 0.2) is 0 Å². The summed E-state index contributed by atoms with van der Waals surface area (Å²) in [6.07, 6.45) is -3.29. The number of halogens is 4. The molecular formula is C11H12ClF3N6O. The first-order chi connectivity index (χ1) is 9.88. The van der Waals surface area contributed by atoms with Crippen LogP contribution in [-0.4, -0.2) is 26.1 Å². The lowest BCUT2D eigenvalue weighted by molar-refractivity contribution is -0.137. The van der Waals surface area contributed by atoms with E-state index in [1.165, 1.54) is 12.4 Å². The number of carbonyl (C=O) groups is 1. The second-order valence-corrected chi connectivity index (χ2v) is 4.18. The average molecular weight is 337 g/mol. The first-order valence-corrected chi connectivity index (χ1v) is 5.80. The maximum absolute atomic E-state index is 12.7. The Kier molecular flexibility index (Phi) is 5.83. The van der Waals surface area contributed by atoms with E-state index < -0.39 is 17.6 Å². The highest BCUT2D eigenvalue weighted by molar-refractivity contribution is 5.90. The largest absolute Gasteiger partial charge is 0.416 e. The fourth-order valence-electron chi connectivity index (χ4n) is 1.65. The SMILES string of the molecule is Cl.NCc1cc(NC(=O)Cn2cnnn2)cc(C(F)(F)F)c1. The van der Waals surface area contributed by atoms with Crippen LogP contribution in [0.1, 0.15) is 11.1 Å². The van der Waals surface area contributed by atoms with Gasteiger partial charge in [0, 0.05) is 12.2 Å². The molecule has 0 unspecified atom stereocenters. The van der Waals surface area contributed by atoms with Crippen LogP contribution < -0.4 is 11.1 Å². The number of nitrogens with two attached hydrogens (primary N) is 1. The first kappa shape index (κ1) is 17.9. The number of hydrogen-bond donors (Lipinski definition) is 2. The van der Waals surface area contributed by atoms with Gasteiger partial charge in [-0.15, -0.1) is 17.5 Å². The highest BCUT2D eigenvalue weighted by Crippen LogP contribution is 2.31. The molecule has 3 N–H and O–H groups in total. The summed E-state index contributed by atoms with van der Waals surface area (Å²) in [5.41, 5.74) is 4.77. The van der Waals surface area contributed by atoms with Crippen LogP contribution >= 0.6 is 12.4 Å². The van der Waals surface area contributed by atoms with Crippen LogP contribution in [0.2, 0.25) is 0 Å². The molecule has 7 nitrogen and oxygen atoms in total. The standard InChI is InChI=1S/C11H11F3N6O.ClH/c12-11(13,14)8-1-7(4-15)2-9(3-8)17-10(21)5-20-6-16-18-19-20;/h1-3,6H,4-5,15H2,(H,17,21);1H. The van der Waals surface area contributed by atoms with Crippen molar-refractivity contribution in [3.8, 4) is 0 Å². The van der Waals surface area contributed by atoms with Crippen molar-refractivity contribution in [2.45, 2.75) is 19.3 Å². The van der Waals surface area contributed by atoms with Crippen LogP contribution in [0.5, 0.6) is 0 Å². The smallest absolute Gasteiger partial charge is 0.326 e. The minimum Gasteiger partial charge on any atom is -0.326 e.